The maximum absolute atomic E-state index is 14.4. The second-order valence-corrected chi connectivity index (χ2v) is 11.7. The van der Waals surface area contributed by atoms with Gasteiger partial charge in [0.25, 0.3) is 5.91 Å². The molecular formula is C35H31BrF4N2O5. The molecule has 1 aliphatic rings. The molecule has 0 unspecified atom stereocenters. The topological polar surface area (TPSA) is 89.4 Å². The first-order valence-electron chi connectivity index (χ1n) is 14.7. The molecular weight excluding hydrogens is 684 g/mol. The lowest BCUT2D eigenvalue weighted by Crippen LogP contribution is -2.49. The third-order valence-electron chi connectivity index (χ3n) is 7.58. The number of carbonyl (C=O) groups excluding carboxylic acids is 1. The van der Waals surface area contributed by atoms with Gasteiger partial charge >= 0.3 is 6.18 Å². The Morgan fingerprint density at radius 1 is 1.02 bits per heavy atom. The van der Waals surface area contributed by atoms with Crippen LogP contribution in [0.5, 0.6) is 11.5 Å². The van der Waals surface area contributed by atoms with E-state index in [0.717, 1.165) is 17.7 Å². The second kappa shape index (κ2) is 14.6. The van der Waals surface area contributed by atoms with Crippen LogP contribution in [0, 0.1) is 5.82 Å². The quantitative estimate of drug-likeness (QED) is 0.120. The monoisotopic (exact) mass is 714 g/mol. The number of rotatable bonds is 12. The van der Waals surface area contributed by atoms with Crippen molar-refractivity contribution < 1.29 is 41.7 Å². The van der Waals surface area contributed by atoms with Crippen molar-refractivity contribution in [2.24, 2.45) is 4.99 Å². The van der Waals surface area contributed by atoms with E-state index >= 15 is 0 Å². The molecule has 0 saturated carbocycles. The molecule has 1 amide bonds. The van der Waals surface area contributed by atoms with Crippen molar-refractivity contribution >= 4 is 27.7 Å². The number of nitrogens with zero attached hydrogens (tertiary/aromatic N) is 1. The van der Waals surface area contributed by atoms with Gasteiger partial charge in [-0.2, -0.15) is 13.2 Å². The number of halogens is 5. The second-order valence-electron chi connectivity index (χ2n) is 10.9. The molecule has 0 saturated heterocycles. The molecule has 0 spiro atoms. The highest BCUT2D eigenvalue weighted by Crippen LogP contribution is 2.44. The van der Waals surface area contributed by atoms with E-state index in [1.165, 1.54) is 7.11 Å². The molecule has 2 atom stereocenters. The van der Waals surface area contributed by atoms with Gasteiger partial charge in [0.15, 0.2) is 11.6 Å². The van der Waals surface area contributed by atoms with E-state index in [1.54, 1.807) is 48.5 Å². The maximum Gasteiger partial charge on any atom is 0.416 e. The molecule has 1 aliphatic heterocycles. The number of methoxy groups -OCH3 is 1. The van der Waals surface area contributed by atoms with Crippen LogP contribution in [0.25, 0.3) is 0 Å². The highest BCUT2D eigenvalue weighted by Gasteiger charge is 2.53. The Morgan fingerprint density at radius 2 is 1.79 bits per heavy atom. The summed E-state index contributed by atoms with van der Waals surface area (Å²) < 4.78 is 72.8. The summed E-state index contributed by atoms with van der Waals surface area (Å²) in [5, 5.41) is 11.8. The third kappa shape index (κ3) is 7.94. The Balaban J connectivity index is 1.58. The van der Waals surface area contributed by atoms with Crippen molar-refractivity contribution in [1.29, 1.82) is 0 Å². The van der Waals surface area contributed by atoms with Crippen LogP contribution in [0.15, 0.2) is 100 Å². The molecule has 0 aromatic heterocycles. The zero-order valence-corrected chi connectivity index (χ0v) is 26.8. The SMILES string of the molecule is COc1cccc([C@H]2OC(c3ccc(OCCCO)cc3)=N[C@@]2(Cc2ccccc2Br)C(=O)NCc2cc(F)cc(C(F)(F)F)c2)c1. The Kier molecular flexibility index (Phi) is 10.5. The molecule has 246 valence electrons. The number of alkyl halides is 3. The fourth-order valence-corrected chi connectivity index (χ4v) is 5.70. The van der Waals surface area contributed by atoms with E-state index in [2.05, 4.69) is 21.2 Å². The van der Waals surface area contributed by atoms with Crippen molar-refractivity contribution in [2.45, 2.75) is 37.2 Å². The molecule has 7 nitrogen and oxygen atoms in total. The number of hydrogen-bond donors (Lipinski definition) is 2. The first-order valence-corrected chi connectivity index (χ1v) is 15.4. The largest absolute Gasteiger partial charge is 0.497 e. The number of hydrogen-bond acceptors (Lipinski definition) is 6. The van der Waals surface area contributed by atoms with Crippen molar-refractivity contribution in [3.8, 4) is 11.5 Å². The van der Waals surface area contributed by atoms with E-state index in [0.29, 0.717) is 46.2 Å². The van der Waals surface area contributed by atoms with Gasteiger partial charge in [0.05, 0.1) is 19.3 Å². The minimum Gasteiger partial charge on any atom is -0.497 e. The summed E-state index contributed by atoms with van der Waals surface area (Å²) in [6.45, 7) is -0.0675. The van der Waals surface area contributed by atoms with E-state index in [1.807, 2.05) is 24.3 Å². The number of ether oxygens (including phenoxy) is 3. The van der Waals surface area contributed by atoms with E-state index in [9.17, 15) is 22.4 Å². The molecule has 4 aromatic rings. The molecule has 4 aromatic carbocycles. The van der Waals surface area contributed by atoms with Crippen molar-refractivity contribution in [1.82, 2.24) is 5.32 Å². The number of nitrogens with one attached hydrogen (secondary N) is 1. The zero-order valence-electron chi connectivity index (χ0n) is 25.2. The first-order chi connectivity index (χ1) is 22.5. The van der Waals surface area contributed by atoms with Crippen molar-refractivity contribution in [3.63, 3.8) is 0 Å². The fourth-order valence-electron chi connectivity index (χ4n) is 5.27. The normalized spacial score (nSPS) is 17.5. The van der Waals surface area contributed by atoms with Crippen molar-refractivity contribution in [2.75, 3.05) is 20.3 Å². The first kappa shape index (κ1) is 33.9. The zero-order chi connectivity index (χ0) is 33.6. The van der Waals surface area contributed by atoms with Gasteiger partial charge in [-0.05, 0) is 77.4 Å². The third-order valence-corrected chi connectivity index (χ3v) is 8.36. The van der Waals surface area contributed by atoms with E-state index < -0.39 is 41.7 Å². The molecule has 1 heterocycles. The lowest BCUT2D eigenvalue weighted by atomic mass is 9.82. The van der Waals surface area contributed by atoms with Gasteiger partial charge in [-0.25, -0.2) is 9.38 Å². The highest BCUT2D eigenvalue weighted by molar-refractivity contribution is 9.10. The summed E-state index contributed by atoms with van der Waals surface area (Å²) in [5.74, 6) is -0.478. The molecule has 0 radical (unpaired) electrons. The molecule has 12 heteroatoms. The number of benzene rings is 4. The summed E-state index contributed by atoms with van der Waals surface area (Å²) in [6, 6.07) is 23.3. The molecule has 0 fully saturated rings. The molecule has 5 rings (SSSR count). The average Bonchev–Trinajstić information content (AvgIpc) is 3.45. The number of aliphatic hydroxyl groups is 1. The van der Waals surface area contributed by atoms with Gasteiger partial charge in [0, 0.05) is 36.0 Å². The number of aliphatic imine (C=N–C) groups is 1. The van der Waals surface area contributed by atoms with Crippen LogP contribution in [0.3, 0.4) is 0 Å². The number of carbonyl (C=O) groups is 1. The lowest BCUT2D eigenvalue weighted by Gasteiger charge is -2.31. The van der Waals surface area contributed by atoms with Gasteiger partial charge in [0.1, 0.15) is 17.3 Å². The standard InChI is InChI=1S/C35H31BrF4N2O5/c1-45-29-8-4-7-24(18-29)31-34(20-25-6-2-3-9-30(25)36,33(44)41-21-22-16-26(35(38,39)40)19-27(37)17-22)42-32(47-31)23-10-12-28(13-11-23)46-15-5-14-43/h2-4,6-13,16-19,31,43H,5,14-15,20-21H2,1H3,(H,41,44)/t31-,34-/m1/s1. The lowest BCUT2D eigenvalue weighted by molar-refractivity contribution is -0.137. The van der Waals surface area contributed by atoms with Gasteiger partial charge in [-0.1, -0.05) is 46.3 Å². The minimum atomic E-state index is -4.77. The van der Waals surface area contributed by atoms with Gasteiger partial charge in [-0.3, -0.25) is 4.79 Å². The fraction of sp³-hybridized carbons (Fsp3) is 0.257. The summed E-state index contributed by atoms with van der Waals surface area (Å²) in [4.78, 5) is 19.4. The van der Waals surface area contributed by atoms with Crippen LogP contribution in [-0.2, 0) is 28.7 Å². The van der Waals surface area contributed by atoms with Gasteiger partial charge < -0.3 is 24.6 Å². The summed E-state index contributed by atoms with van der Waals surface area (Å²) in [6.07, 6.45) is -5.26. The van der Waals surface area contributed by atoms with Gasteiger partial charge in [-0.15, -0.1) is 0 Å². The van der Waals surface area contributed by atoms with Crippen molar-refractivity contribution in [3.05, 3.63) is 129 Å². The minimum absolute atomic E-state index is 0.00122. The van der Waals surface area contributed by atoms with Crippen LogP contribution in [0.4, 0.5) is 17.6 Å². The van der Waals surface area contributed by atoms with Gasteiger partial charge in [0.2, 0.25) is 5.90 Å². The predicted molar refractivity (Wildman–Crippen MR) is 171 cm³/mol. The van der Waals surface area contributed by atoms with Crippen LogP contribution < -0.4 is 14.8 Å². The summed E-state index contributed by atoms with van der Waals surface area (Å²) in [7, 11) is 1.51. The van der Waals surface area contributed by atoms with Crippen LogP contribution in [-0.4, -0.2) is 42.8 Å². The molecule has 0 aliphatic carbocycles. The Hall–Kier alpha value is -4.42. The molecule has 0 bridgehead atoms. The van der Waals surface area contributed by atoms with Crippen LogP contribution >= 0.6 is 15.9 Å². The Morgan fingerprint density at radius 3 is 2.49 bits per heavy atom. The average molecular weight is 716 g/mol. The smallest absolute Gasteiger partial charge is 0.416 e. The van der Waals surface area contributed by atoms with E-state index in [-0.39, 0.29) is 24.5 Å². The Labute approximate surface area is 277 Å². The number of amides is 1. The summed E-state index contributed by atoms with van der Waals surface area (Å²) in [5.41, 5.74) is -1.05. The summed E-state index contributed by atoms with van der Waals surface area (Å²) >= 11 is 3.56. The highest BCUT2D eigenvalue weighted by atomic mass is 79.9. The van der Waals surface area contributed by atoms with Crippen LogP contribution in [0.2, 0.25) is 0 Å². The Bertz CT molecular complexity index is 1750. The maximum atomic E-state index is 14.4. The predicted octanol–water partition coefficient (Wildman–Crippen LogP) is 7.19. The van der Waals surface area contributed by atoms with Crippen LogP contribution in [0.1, 0.15) is 40.3 Å². The van der Waals surface area contributed by atoms with E-state index in [4.69, 9.17) is 24.3 Å². The molecule has 2 N–H and O–H groups in total. The molecule has 47 heavy (non-hydrogen) atoms. The number of aliphatic hydroxyl groups excluding tert-OH is 1.